The normalized spacial score (nSPS) is 19.2. The zero-order valence-corrected chi connectivity index (χ0v) is 10.6. The third kappa shape index (κ3) is 3.20. The Balaban J connectivity index is 1.95. The van der Waals surface area contributed by atoms with Gasteiger partial charge in [-0.25, -0.2) is 0 Å². The van der Waals surface area contributed by atoms with Crippen LogP contribution in [-0.4, -0.2) is 17.3 Å². The Labute approximate surface area is 103 Å². The SMILES string of the molecule is CC(C)(O)CCOc1ccc2c(c1)CC[C@@H]2N. The lowest BCUT2D eigenvalue weighted by Crippen LogP contribution is -2.21. The van der Waals surface area contributed by atoms with Gasteiger partial charge in [-0.15, -0.1) is 0 Å². The molecule has 0 saturated heterocycles. The molecular formula is C14H21NO2. The van der Waals surface area contributed by atoms with Gasteiger partial charge < -0.3 is 15.6 Å². The molecule has 3 N–H and O–H groups in total. The fourth-order valence-corrected chi connectivity index (χ4v) is 2.14. The topological polar surface area (TPSA) is 55.5 Å². The van der Waals surface area contributed by atoms with Gasteiger partial charge in [0.25, 0.3) is 0 Å². The summed E-state index contributed by atoms with van der Waals surface area (Å²) in [6.07, 6.45) is 2.70. The number of fused-ring (bicyclic) bond motifs is 1. The minimum absolute atomic E-state index is 0.190. The molecule has 0 aromatic heterocycles. The van der Waals surface area contributed by atoms with Crippen LogP contribution in [0.4, 0.5) is 0 Å². The van der Waals surface area contributed by atoms with E-state index in [1.807, 2.05) is 6.07 Å². The first-order valence-electron chi connectivity index (χ1n) is 6.19. The Morgan fingerprint density at radius 1 is 1.47 bits per heavy atom. The van der Waals surface area contributed by atoms with E-state index in [1.165, 1.54) is 11.1 Å². The van der Waals surface area contributed by atoms with Crippen LogP contribution in [-0.2, 0) is 6.42 Å². The van der Waals surface area contributed by atoms with Crippen LogP contribution >= 0.6 is 0 Å². The molecule has 0 aliphatic heterocycles. The van der Waals surface area contributed by atoms with E-state index >= 15 is 0 Å². The molecule has 1 aromatic carbocycles. The predicted molar refractivity (Wildman–Crippen MR) is 68.1 cm³/mol. The average Bonchev–Trinajstić information content (AvgIpc) is 2.58. The molecule has 94 valence electrons. The lowest BCUT2D eigenvalue weighted by atomic mass is 10.1. The van der Waals surface area contributed by atoms with Crippen molar-refractivity contribution in [3.63, 3.8) is 0 Å². The highest BCUT2D eigenvalue weighted by molar-refractivity contribution is 5.40. The first-order chi connectivity index (χ1) is 7.96. The zero-order chi connectivity index (χ0) is 12.5. The monoisotopic (exact) mass is 235 g/mol. The number of hydrogen-bond donors (Lipinski definition) is 2. The molecule has 0 unspecified atom stereocenters. The smallest absolute Gasteiger partial charge is 0.119 e. The summed E-state index contributed by atoms with van der Waals surface area (Å²) in [4.78, 5) is 0. The molecule has 17 heavy (non-hydrogen) atoms. The predicted octanol–water partition coefficient (Wildman–Crippen LogP) is 2.17. The van der Waals surface area contributed by atoms with Crippen LogP contribution in [0.3, 0.4) is 0 Å². The molecule has 0 radical (unpaired) electrons. The second-order valence-corrected chi connectivity index (χ2v) is 5.42. The van der Waals surface area contributed by atoms with E-state index in [-0.39, 0.29) is 6.04 Å². The van der Waals surface area contributed by atoms with Crippen molar-refractivity contribution < 1.29 is 9.84 Å². The van der Waals surface area contributed by atoms with Gasteiger partial charge in [0, 0.05) is 12.5 Å². The Morgan fingerprint density at radius 2 is 2.24 bits per heavy atom. The summed E-state index contributed by atoms with van der Waals surface area (Å²) in [7, 11) is 0. The van der Waals surface area contributed by atoms with Crippen molar-refractivity contribution in [1.82, 2.24) is 0 Å². The van der Waals surface area contributed by atoms with E-state index in [9.17, 15) is 5.11 Å². The second kappa shape index (κ2) is 4.67. The van der Waals surface area contributed by atoms with Gasteiger partial charge in [-0.2, -0.15) is 0 Å². The quantitative estimate of drug-likeness (QED) is 0.841. The fraction of sp³-hybridized carbons (Fsp3) is 0.571. The van der Waals surface area contributed by atoms with E-state index in [2.05, 4.69) is 12.1 Å². The molecule has 0 saturated carbocycles. The van der Waals surface area contributed by atoms with Gasteiger partial charge in [-0.3, -0.25) is 0 Å². The number of aliphatic hydroxyl groups is 1. The average molecular weight is 235 g/mol. The van der Waals surface area contributed by atoms with Crippen molar-refractivity contribution in [3.8, 4) is 5.75 Å². The molecule has 0 heterocycles. The molecule has 1 aliphatic carbocycles. The van der Waals surface area contributed by atoms with Gasteiger partial charge in [0.05, 0.1) is 12.2 Å². The van der Waals surface area contributed by atoms with Gasteiger partial charge in [0.15, 0.2) is 0 Å². The largest absolute Gasteiger partial charge is 0.493 e. The Bertz CT molecular complexity index is 396. The van der Waals surface area contributed by atoms with Crippen LogP contribution in [0.5, 0.6) is 5.75 Å². The molecule has 1 atom stereocenters. The highest BCUT2D eigenvalue weighted by Gasteiger charge is 2.19. The van der Waals surface area contributed by atoms with E-state index in [0.717, 1.165) is 18.6 Å². The van der Waals surface area contributed by atoms with Crippen LogP contribution in [0.25, 0.3) is 0 Å². The van der Waals surface area contributed by atoms with Crippen LogP contribution in [0.15, 0.2) is 18.2 Å². The summed E-state index contributed by atoms with van der Waals surface area (Å²) in [5, 5.41) is 9.59. The minimum Gasteiger partial charge on any atom is -0.493 e. The third-order valence-corrected chi connectivity index (χ3v) is 3.22. The molecule has 0 bridgehead atoms. The van der Waals surface area contributed by atoms with E-state index in [0.29, 0.717) is 13.0 Å². The Hall–Kier alpha value is -1.06. The molecule has 1 aromatic rings. The molecule has 3 nitrogen and oxygen atoms in total. The maximum Gasteiger partial charge on any atom is 0.119 e. The van der Waals surface area contributed by atoms with Crippen LogP contribution in [0.2, 0.25) is 0 Å². The highest BCUT2D eigenvalue weighted by Crippen LogP contribution is 2.31. The maximum atomic E-state index is 9.59. The molecular weight excluding hydrogens is 214 g/mol. The van der Waals surface area contributed by atoms with Gasteiger partial charge >= 0.3 is 0 Å². The first kappa shape index (κ1) is 12.4. The third-order valence-electron chi connectivity index (χ3n) is 3.22. The number of ether oxygens (including phenoxy) is 1. The summed E-state index contributed by atoms with van der Waals surface area (Å²) in [5.74, 6) is 0.877. The summed E-state index contributed by atoms with van der Waals surface area (Å²) >= 11 is 0. The number of nitrogens with two attached hydrogens (primary N) is 1. The summed E-state index contributed by atoms with van der Waals surface area (Å²) < 4.78 is 5.64. The van der Waals surface area contributed by atoms with Crippen molar-refractivity contribution >= 4 is 0 Å². The highest BCUT2D eigenvalue weighted by atomic mass is 16.5. The van der Waals surface area contributed by atoms with Gasteiger partial charge in [-0.1, -0.05) is 6.07 Å². The fourth-order valence-electron chi connectivity index (χ4n) is 2.14. The Kier molecular flexibility index (Phi) is 3.40. The molecule has 2 rings (SSSR count). The van der Waals surface area contributed by atoms with Crippen molar-refractivity contribution in [2.24, 2.45) is 5.73 Å². The number of rotatable bonds is 4. The lowest BCUT2D eigenvalue weighted by Gasteiger charge is -2.17. The molecule has 3 heteroatoms. The first-order valence-corrected chi connectivity index (χ1v) is 6.19. The van der Waals surface area contributed by atoms with Crippen molar-refractivity contribution in [2.75, 3.05) is 6.61 Å². The molecule has 0 fully saturated rings. The van der Waals surface area contributed by atoms with Crippen molar-refractivity contribution in [2.45, 2.75) is 44.8 Å². The standard InChI is InChI=1S/C14H21NO2/c1-14(2,16)7-8-17-11-4-5-12-10(9-11)3-6-13(12)15/h4-5,9,13,16H,3,6-8,15H2,1-2H3/t13-/m0/s1. The Morgan fingerprint density at radius 3 is 2.94 bits per heavy atom. The van der Waals surface area contributed by atoms with Crippen LogP contribution in [0, 0.1) is 0 Å². The van der Waals surface area contributed by atoms with Gasteiger partial charge in [0.1, 0.15) is 5.75 Å². The van der Waals surface area contributed by atoms with E-state index in [4.69, 9.17) is 10.5 Å². The summed E-state index contributed by atoms with van der Waals surface area (Å²) in [6.45, 7) is 4.12. The molecule has 0 spiro atoms. The number of aryl methyl sites for hydroxylation is 1. The number of hydrogen-bond acceptors (Lipinski definition) is 3. The summed E-state index contributed by atoms with van der Waals surface area (Å²) in [5.41, 5.74) is 7.87. The maximum absolute atomic E-state index is 9.59. The van der Waals surface area contributed by atoms with Gasteiger partial charge in [-0.05, 0) is 49.9 Å². The van der Waals surface area contributed by atoms with Crippen LogP contribution < -0.4 is 10.5 Å². The minimum atomic E-state index is -0.668. The van der Waals surface area contributed by atoms with Crippen LogP contribution in [0.1, 0.15) is 43.9 Å². The molecule has 0 amide bonds. The molecule has 1 aliphatic rings. The van der Waals surface area contributed by atoms with Crippen molar-refractivity contribution in [3.05, 3.63) is 29.3 Å². The number of benzene rings is 1. The van der Waals surface area contributed by atoms with E-state index < -0.39 is 5.60 Å². The summed E-state index contributed by atoms with van der Waals surface area (Å²) in [6, 6.07) is 6.29. The van der Waals surface area contributed by atoms with Gasteiger partial charge in [0.2, 0.25) is 0 Å². The van der Waals surface area contributed by atoms with Crippen molar-refractivity contribution in [1.29, 1.82) is 0 Å². The van der Waals surface area contributed by atoms with E-state index in [1.54, 1.807) is 13.8 Å². The lowest BCUT2D eigenvalue weighted by molar-refractivity contribution is 0.0553. The second-order valence-electron chi connectivity index (χ2n) is 5.42. The zero-order valence-electron chi connectivity index (χ0n) is 10.6.